The topological polar surface area (TPSA) is 15.8 Å². The first-order valence-electron chi connectivity index (χ1n) is 4.70. The van der Waals surface area contributed by atoms with Gasteiger partial charge in [0.05, 0.1) is 5.56 Å². The standard InChI is InChI=1S/C12H11F2N/c1-7-6-9(8(2)15-7)12-10(13)4-3-5-11(12)14/h3-6,15H,1-2H3. The van der Waals surface area contributed by atoms with Gasteiger partial charge in [0.2, 0.25) is 0 Å². The molecule has 1 aromatic carbocycles. The number of aryl methyl sites for hydroxylation is 2. The summed E-state index contributed by atoms with van der Waals surface area (Å²) in [4.78, 5) is 3.03. The van der Waals surface area contributed by atoms with Crippen molar-refractivity contribution in [2.24, 2.45) is 0 Å². The number of hydrogen-bond acceptors (Lipinski definition) is 0. The van der Waals surface area contributed by atoms with Crippen LogP contribution in [0.1, 0.15) is 11.4 Å². The number of aromatic amines is 1. The fourth-order valence-electron chi connectivity index (χ4n) is 1.74. The third-order valence-electron chi connectivity index (χ3n) is 2.38. The second-order valence-corrected chi connectivity index (χ2v) is 3.59. The first-order chi connectivity index (χ1) is 7.09. The number of benzene rings is 1. The second kappa shape index (κ2) is 3.50. The summed E-state index contributed by atoms with van der Waals surface area (Å²) < 4.78 is 26.9. The van der Waals surface area contributed by atoms with E-state index in [2.05, 4.69) is 4.98 Å². The van der Waals surface area contributed by atoms with E-state index < -0.39 is 11.6 Å². The Hall–Kier alpha value is -1.64. The minimum Gasteiger partial charge on any atom is -0.362 e. The molecule has 0 unspecified atom stereocenters. The average molecular weight is 207 g/mol. The summed E-state index contributed by atoms with van der Waals surface area (Å²) in [5.41, 5.74) is 2.30. The van der Waals surface area contributed by atoms with Crippen LogP contribution in [0.3, 0.4) is 0 Å². The highest BCUT2D eigenvalue weighted by atomic mass is 19.1. The number of nitrogens with one attached hydrogen (secondary N) is 1. The highest BCUT2D eigenvalue weighted by Gasteiger charge is 2.14. The van der Waals surface area contributed by atoms with Crippen molar-refractivity contribution in [2.75, 3.05) is 0 Å². The zero-order valence-corrected chi connectivity index (χ0v) is 8.57. The van der Waals surface area contributed by atoms with E-state index in [1.165, 1.54) is 18.2 Å². The Labute approximate surface area is 86.8 Å². The molecule has 0 saturated heterocycles. The number of hydrogen-bond donors (Lipinski definition) is 1. The summed E-state index contributed by atoms with van der Waals surface area (Å²) in [5, 5.41) is 0. The molecule has 0 saturated carbocycles. The Kier molecular flexibility index (Phi) is 2.31. The van der Waals surface area contributed by atoms with Gasteiger partial charge in [0.15, 0.2) is 0 Å². The largest absolute Gasteiger partial charge is 0.362 e. The maximum Gasteiger partial charge on any atom is 0.134 e. The molecule has 0 spiro atoms. The first kappa shape index (κ1) is 9.90. The monoisotopic (exact) mass is 207 g/mol. The summed E-state index contributed by atoms with van der Waals surface area (Å²) in [6, 6.07) is 5.64. The predicted molar refractivity (Wildman–Crippen MR) is 55.6 cm³/mol. The van der Waals surface area contributed by atoms with Crippen LogP contribution in [0.4, 0.5) is 8.78 Å². The van der Waals surface area contributed by atoms with Crippen LogP contribution >= 0.6 is 0 Å². The molecule has 0 radical (unpaired) electrons. The molecule has 0 aliphatic carbocycles. The van der Waals surface area contributed by atoms with Gasteiger partial charge in [-0.15, -0.1) is 0 Å². The van der Waals surface area contributed by atoms with E-state index in [-0.39, 0.29) is 5.56 Å². The number of aromatic nitrogens is 1. The van der Waals surface area contributed by atoms with Gasteiger partial charge in [-0.2, -0.15) is 0 Å². The van der Waals surface area contributed by atoms with E-state index in [9.17, 15) is 8.78 Å². The lowest BCUT2D eigenvalue weighted by atomic mass is 10.1. The normalized spacial score (nSPS) is 10.7. The molecule has 1 aromatic heterocycles. The van der Waals surface area contributed by atoms with Gasteiger partial charge in [0, 0.05) is 17.0 Å². The molecule has 3 heteroatoms. The van der Waals surface area contributed by atoms with Crippen LogP contribution in [-0.2, 0) is 0 Å². The van der Waals surface area contributed by atoms with Gasteiger partial charge in [0.1, 0.15) is 11.6 Å². The maximum absolute atomic E-state index is 13.5. The minimum atomic E-state index is -0.530. The van der Waals surface area contributed by atoms with E-state index in [0.717, 1.165) is 11.4 Å². The Morgan fingerprint density at radius 1 is 1.07 bits per heavy atom. The van der Waals surface area contributed by atoms with E-state index in [1.54, 1.807) is 13.0 Å². The van der Waals surface area contributed by atoms with Crippen molar-refractivity contribution in [3.8, 4) is 11.1 Å². The molecule has 15 heavy (non-hydrogen) atoms. The lowest BCUT2D eigenvalue weighted by Crippen LogP contribution is -1.89. The van der Waals surface area contributed by atoms with Crippen LogP contribution in [-0.4, -0.2) is 4.98 Å². The summed E-state index contributed by atoms with van der Waals surface area (Å²) in [7, 11) is 0. The molecule has 1 nitrogen and oxygen atoms in total. The molecule has 0 bridgehead atoms. The molecule has 78 valence electrons. The summed E-state index contributed by atoms with van der Waals surface area (Å²) in [5.74, 6) is -1.06. The van der Waals surface area contributed by atoms with Gasteiger partial charge in [-0.05, 0) is 32.0 Å². The van der Waals surface area contributed by atoms with Gasteiger partial charge >= 0.3 is 0 Å². The van der Waals surface area contributed by atoms with Gasteiger partial charge < -0.3 is 4.98 Å². The van der Waals surface area contributed by atoms with Gasteiger partial charge in [-0.25, -0.2) is 8.78 Å². The summed E-state index contributed by atoms with van der Waals surface area (Å²) >= 11 is 0. The molecule has 0 aliphatic rings. The smallest absolute Gasteiger partial charge is 0.134 e. The molecular weight excluding hydrogens is 196 g/mol. The number of H-pyrrole nitrogens is 1. The zero-order chi connectivity index (χ0) is 11.0. The lowest BCUT2D eigenvalue weighted by molar-refractivity contribution is 0.589. The Morgan fingerprint density at radius 3 is 2.13 bits per heavy atom. The molecule has 0 amide bonds. The van der Waals surface area contributed by atoms with Crippen molar-refractivity contribution in [2.45, 2.75) is 13.8 Å². The van der Waals surface area contributed by atoms with Crippen molar-refractivity contribution in [3.05, 3.63) is 47.3 Å². The van der Waals surface area contributed by atoms with Gasteiger partial charge in [0.25, 0.3) is 0 Å². The van der Waals surface area contributed by atoms with Crippen LogP contribution < -0.4 is 0 Å². The van der Waals surface area contributed by atoms with E-state index >= 15 is 0 Å². The van der Waals surface area contributed by atoms with Crippen LogP contribution in [0.5, 0.6) is 0 Å². The molecule has 0 aliphatic heterocycles. The van der Waals surface area contributed by atoms with E-state index in [1.807, 2.05) is 6.92 Å². The molecule has 0 fully saturated rings. The molecular formula is C12H11F2N. The van der Waals surface area contributed by atoms with E-state index in [4.69, 9.17) is 0 Å². The third kappa shape index (κ3) is 1.65. The number of rotatable bonds is 1. The first-order valence-corrected chi connectivity index (χ1v) is 4.70. The minimum absolute atomic E-state index is 0.0411. The quantitative estimate of drug-likeness (QED) is 0.735. The highest BCUT2D eigenvalue weighted by Crippen LogP contribution is 2.29. The Bertz CT molecular complexity index is 480. The maximum atomic E-state index is 13.5. The van der Waals surface area contributed by atoms with Crippen LogP contribution in [0.25, 0.3) is 11.1 Å². The van der Waals surface area contributed by atoms with Crippen LogP contribution in [0, 0.1) is 25.5 Å². The molecule has 2 aromatic rings. The summed E-state index contributed by atoms with van der Waals surface area (Å²) in [6.07, 6.45) is 0. The Balaban J connectivity index is 2.68. The number of halogens is 2. The SMILES string of the molecule is Cc1cc(-c2c(F)cccc2F)c(C)[nH]1. The highest BCUT2D eigenvalue weighted by molar-refractivity contribution is 5.68. The zero-order valence-electron chi connectivity index (χ0n) is 8.57. The van der Waals surface area contributed by atoms with Gasteiger partial charge in [-0.3, -0.25) is 0 Å². The second-order valence-electron chi connectivity index (χ2n) is 3.59. The van der Waals surface area contributed by atoms with Crippen molar-refractivity contribution in [1.29, 1.82) is 0 Å². The molecule has 0 atom stereocenters. The fraction of sp³-hybridized carbons (Fsp3) is 0.167. The lowest BCUT2D eigenvalue weighted by Gasteiger charge is -2.03. The van der Waals surface area contributed by atoms with Crippen molar-refractivity contribution in [1.82, 2.24) is 4.98 Å². The van der Waals surface area contributed by atoms with Crippen molar-refractivity contribution in [3.63, 3.8) is 0 Å². The third-order valence-corrected chi connectivity index (χ3v) is 2.38. The summed E-state index contributed by atoms with van der Waals surface area (Å²) in [6.45, 7) is 3.66. The van der Waals surface area contributed by atoms with Crippen molar-refractivity contribution < 1.29 is 8.78 Å². The average Bonchev–Trinajstić information content (AvgIpc) is 2.45. The fourth-order valence-corrected chi connectivity index (χ4v) is 1.74. The Morgan fingerprint density at radius 2 is 1.67 bits per heavy atom. The predicted octanol–water partition coefficient (Wildman–Crippen LogP) is 3.58. The molecule has 2 rings (SSSR count). The van der Waals surface area contributed by atoms with Crippen molar-refractivity contribution >= 4 is 0 Å². The molecule has 1 N–H and O–H groups in total. The van der Waals surface area contributed by atoms with Crippen LogP contribution in [0.2, 0.25) is 0 Å². The van der Waals surface area contributed by atoms with Gasteiger partial charge in [-0.1, -0.05) is 6.07 Å². The molecule has 1 heterocycles. The van der Waals surface area contributed by atoms with Crippen LogP contribution in [0.15, 0.2) is 24.3 Å². The van der Waals surface area contributed by atoms with E-state index in [0.29, 0.717) is 5.56 Å².